The number of H-pyrrole nitrogens is 1. The van der Waals surface area contributed by atoms with Crippen molar-refractivity contribution in [3.63, 3.8) is 0 Å². The molecule has 34 heavy (non-hydrogen) atoms. The Kier molecular flexibility index (Phi) is 5.81. The Labute approximate surface area is 193 Å². The third-order valence-corrected chi connectivity index (χ3v) is 5.64. The van der Waals surface area contributed by atoms with Gasteiger partial charge >= 0.3 is 0 Å². The maximum Gasteiger partial charge on any atom is 0.227 e. The summed E-state index contributed by atoms with van der Waals surface area (Å²) in [6.07, 6.45) is 1.70. The number of benzene rings is 2. The summed E-state index contributed by atoms with van der Waals surface area (Å²) < 4.78 is 34.0. The molecule has 1 saturated heterocycles. The van der Waals surface area contributed by atoms with E-state index >= 15 is 0 Å². The van der Waals surface area contributed by atoms with Crippen molar-refractivity contribution in [2.24, 2.45) is 0 Å². The minimum atomic E-state index is -0.792. The molecule has 5 rings (SSSR count). The van der Waals surface area contributed by atoms with Gasteiger partial charge in [0.15, 0.2) is 5.82 Å². The van der Waals surface area contributed by atoms with Crippen LogP contribution >= 0.6 is 0 Å². The molecule has 0 atom stereocenters. The zero-order valence-electron chi connectivity index (χ0n) is 18.0. The average Bonchev–Trinajstić information content (AvgIpc) is 3.21. The highest BCUT2D eigenvalue weighted by atomic mass is 19.1. The number of rotatable bonds is 5. The second-order valence-corrected chi connectivity index (χ2v) is 7.88. The van der Waals surface area contributed by atoms with Gasteiger partial charge in [-0.05, 0) is 29.8 Å². The van der Waals surface area contributed by atoms with E-state index in [4.69, 9.17) is 4.74 Å². The zero-order valence-corrected chi connectivity index (χ0v) is 18.0. The number of aromatic amines is 1. The molecule has 1 aliphatic heterocycles. The number of hydrogen-bond acceptors (Lipinski definition) is 6. The van der Waals surface area contributed by atoms with Crippen molar-refractivity contribution in [1.29, 1.82) is 0 Å². The van der Waals surface area contributed by atoms with E-state index in [2.05, 4.69) is 20.3 Å². The van der Waals surface area contributed by atoms with E-state index in [9.17, 15) is 18.7 Å². The van der Waals surface area contributed by atoms with Gasteiger partial charge in [0.25, 0.3) is 0 Å². The van der Waals surface area contributed by atoms with E-state index in [-0.39, 0.29) is 40.8 Å². The fourth-order valence-electron chi connectivity index (χ4n) is 3.88. The number of nitrogens with zero attached hydrogens (tertiary/aromatic N) is 3. The van der Waals surface area contributed by atoms with Crippen LogP contribution in [0.15, 0.2) is 48.7 Å². The van der Waals surface area contributed by atoms with Crippen LogP contribution in [-0.2, 0) is 16.0 Å². The van der Waals surface area contributed by atoms with Crippen molar-refractivity contribution in [3.05, 3.63) is 65.9 Å². The molecule has 0 saturated carbocycles. The van der Waals surface area contributed by atoms with Gasteiger partial charge in [0, 0.05) is 25.0 Å². The number of fused-ring (bicyclic) bond motifs is 1. The second-order valence-electron chi connectivity index (χ2n) is 7.88. The van der Waals surface area contributed by atoms with E-state index in [0.717, 1.165) is 17.7 Å². The van der Waals surface area contributed by atoms with Crippen LogP contribution < -0.4 is 5.32 Å². The lowest BCUT2D eigenvalue weighted by Crippen LogP contribution is -2.41. The van der Waals surface area contributed by atoms with Crippen LogP contribution in [0.2, 0.25) is 0 Å². The lowest BCUT2D eigenvalue weighted by molar-refractivity contribution is -0.134. The average molecular weight is 465 g/mol. The summed E-state index contributed by atoms with van der Waals surface area (Å²) >= 11 is 0. The van der Waals surface area contributed by atoms with E-state index in [1.54, 1.807) is 17.0 Å². The summed E-state index contributed by atoms with van der Waals surface area (Å²) in [5, 5.41) is 13.6. The van der Waals surface area contributed by atoms with Crippen LogP contribution in [0.25, 0.3) is 22.3 Å². The standard InChI is InChI=1S/C24H21F2N5O3/c25-16-2-1-3-17(26)20(16)22-29-18-13-27-24(33)21(18)23(30-22)28-15-6-4-14(5-7-15)12-19(32)31-8-10-34-11-9-31/h1-7,13,27,33H,8-12H2,(H,28,29,30). The Morgan fingerprint density at radius 2 is 1.79 bits per heavy atom. The van der Waals surface area contributed by atoms with E-state index in [1.807, 2.05) is 12.1 Å². The number of halogens is 2. The van der Waals surface area contributed by atoms with Crippen LogP contribution in [0.5, 0.6) is 5.88 Å². The molecule has 1 fully saturated rings. The number of ether oxygens (including phenoxy) is 1. The predicted octanol–water partition coefficient (Wildman–Crippen LogP) is 3.75. The van der Waals surface area contributed by atoms with Crippen molar-refractivity contribution in [3.8, 4) is 17.3 Å². The predicted molar refractivity (Wildman–Crippen MR) is 122 cm³/mol. The molecule has 3 heterocycles. The number of nitrogens with one attached hydrogen (secondary N) is 2. The molecule has 1 aliphatic rings. The minimum absolute atomic E-state index is 0.0373. The molecule has 2 aromatic carbocycles. The smallest absolute Gasteiger partial charge is 0.227 e. The Morgan fingerprint density at radius 3 is 2.50 bits per heavy atom. The molecule has 4 aromatic rings. The largest absolute Gasteiger partial charge is 0.494 e. The van der Waals surface area contributed by atoms with Crippen molar-refractivity contribution in [2.45, 2.75) is 6.42 Å². The lowest BCUT2D eigenvalue weighted by Gasteiger charge is -2.26. The van der Waals surface area contributed by atoms with Crippen molar-refractivity contribution < 1.29 is 23.4 Å². The van der Waals surface area contributed by atoms with Gasteiger partial charge in [0.1, 0.15) is 22.8 Å². The molecule has 10 heteroatoms. The number of amides is 1. The van der Waals surface area contributed by atoms with Gasteiger partial charge in [-0.25, -0.2) is 18.7 Å². The summed E-state index contributed by atoms with van der Waals surface area (Å²) in [6.45, 7) is 2.28. The van der Waals surface area contributed by atoms with Crippen LogP contribution in [0, 0.1) is 11.6 Å². The normalized spacial score (nSPS) is 13.9. The number of morpholine rings is 1. The molecule has 174 valence electrons. The molecular weight excluding hydrogens is 444 g/mol. The quantitative estimate of drug-likeness (QED) is 0.415. The Morgan fingerprint density at radius 1 is 1.09 bits per heavy atom. The van der Waals surface area contributed by atoms with Gasteiger partial charge in [-0.2, -0.15) is 0 Å². The third-order valence-electron chi connectivity index (χ3n) is 5.64. The topological polar surface area (TPSA) is 103 Å². The molecule has 0 bridgehead atoms. The Bertz CT molecular complexity index is 1330. The van der Waals surface area contributed by atoms with Crippen LogP contribution in [-0.4, -0.2) is 57.2 Å². The summed E-state index contributed by atoms with van der Waals surface area (Å²) in [4.78, 5) is 25.4. The van der Waals surface area contributed by atoms with Crippen molar-refractivity contribution in [1.82, 2.24) is 19.9 Å². The first-order valence-corrected chi connectivity index (χ1v) is 10.7. The fraction of sp³-hybridized carbons (Fsp3) is 0.208. The molecule has 2 aromatic heterocycles. The van der Waals surface area contributed by atoms with Crippen LogP contribution in [0.4, 0.5) is 20.3 Å². The van der Waals surface area contributed by atoms with Gasteiger partial charge in [0.2, 0.25) is 11.8 Å². The van der Waals surface area contributed by atoms with Crippen LogP contribution in [0.3, 0.4) is 0 Å². The number of anilines is 2. The number of aromatic hydroxyl groups is 1. The van der Waals surface area contributed by atoms with Gasteiger partial charge in [0.05, 0.1) is 30.7 Å². The monoisotopic (exact) mass is 465 g/mol. The van der Waals surface area contributed by atoms with Crippen molar-refractivity contribution >= 4 is 28.3 Å². The highest BCUT2D eigenvalue weighted by Crippen LogP contribution is 2.34. The highest BCUT2D eigenvalue weighted by molar-refractivity contribution is 5.96. The van der Waals surface area contributed by atoms with Gasteiger partial charge in [-0.15, -0.1) is 0 Å². The summed E-state index contributed by atoms with van der Waals surface area (Å²) in [5.41, 5.74) is 1.39. The molecule has 0 unspecified atom stereocenters. The van der Waals surface area contributed by atoms with Gasteiger partial charge in [-0.3, -0.25) is 4.79 Å². The number of carbonyl (C=O) groups is 1. The maximum absolute atomic E-state index is 14.3. The first-order chi connectivity index (χ1) is 16.5. The first-order valence-electron chi connectivity index (χ1n) is 10.7. The summed E-state index contributed by atoms with van der Waals surface area (Å²) in [7, 11) is 0. The van der Waals surface area contributed by atoms with E-state index in [1.165, 1.54) is 12.3 Å². The second kappa shape index (κ2) is 9.06. The van der Waals surface area contributed by atoms with E-state index < -0.39 is 11.6 Å². The van der Waals surface area contributed by atoms with E-state index in [0.29, 0.717) is 37.5 Å². The molecule has 3 N–H and O–H groups in total. The zero-order chi connectivity index (χ0) is 23.7. The maximum atomic E-state index is 14.3. The molecular formula is C24H21F2N5O3. The number of carbonyl (C=O) groups excluding carboxylic acids is 1. The van der Waals surface area contributed by atoms with Gasteiger partial charge < -0.3 is 25.0 Å². The molecule has 0 spiro atoms. The van der Waals surface area contributed by atoms with Crippen molar-refractivity contribution in [2.75, 3.05) is 31.6 Å². The fourth-order valence-corrected chi connectivity index (χ4v) is 3.88. The number of aromatic nitrogens is 3. The Hall–Kier alpha value is -4.05. The van der Waals surface area contributed by atoms with Crippen LogP contribution in [0.1, 0.15) is 5.56 Å². The lowest BCUT2D eigenvalue weighted by atomic mass is 10.1. The molecule has 0 radical (unpaired) electrons. The Balaban J connectivity index is 1.42. The molecule has 8 nitrogen and oxygen atoms in total. The highest BCUT2D eigenvalue weighted by Gasteiger charge is 2.20. The third kappa shape index (κ3) is 4.27. The SMILES string of the molecule is O=C(Cc1ccc(Nc2nc(-c3c(F)cccc3F)nc3c[nH]c(O)c23)cc1)N1CCOCC1. The summed E-state index contributed by atoms with van der Waals surface area (Å²) in [5.74, 6) is -1.70. The molecule has 0 aliphatic carbocycles. The van der Waals surface area contributed by atoms with Gasteiger partial charge in [-0.1, -0.05) is 18.2 Å². The first kappa shape index (κ1) is 21.8. The number of hydrogen-bond donors (Lipinski definition) is 3. The summed E-state index contributed by atoms with van der Waals surface area (Å²) in [6, 6.07) is 10.7. The minimum Gasteiger partial charge on any atom is -0.494 e. The molecule has 1 amide bonds.